The van der Waals surface area contributed by atoms with Gasteiger partial charge in [-0.2, -0.15) is 0 Å². The van der Waals surface area contributed by atoms with Crippen molar-refractivity contribution in [2.45, 2.75) is 18.9 Å². The van der Waals surface area contributed by atoms with E-state index in [1.165, 1.54) is 12.1 Å². The lowest BCUT2D eigenvalue weighted by molar-refractivity contribution is 0.0908. The Kier molecular flexibility index (Phi) is 4.87. The molecule has 1 aliphatic rings. The van der Waals surface area contributed by atoms with Gasteiger partial charge in [-0.1, -0.05) is 12.1 Å². The average molecular weight is 265 g/mol. The maximum absolute atomic E-state index is 13.5. The third-order valence-corrected chi connectivity index (χ3v) is 3.49. The summed E-state index contributed by atoms with van der Waals surface area (Å²) >= 11 is 0. The van der Waals surface area contributed by atoms with Gasteiger partial charge in [0, 0.05) is 32.2 Å². The van der Waals surface area contributed by atoms with E-state index in [4.69, 9.17) is 5.73 Å². The predicted molar refractivity (Wildman–Crippen MR) is 72.4 cm³/mol. The molecule has 2 rings (SSSR count). The first kappa shape index (κ1) is 14.0. The smallest absolute Gasteiger partial charge is 0.254 e. The van der Waals surface area contributed by atoms with Gasteiger partial charge in [0.1, 0.15) is 5.82 Å². The summed E-state index contributed by atoms with van der Waals surface area (Å²) in [6.45, 7) is 3.42. The van der Waals surface area contributed by atoms with Crippen LogP contribution >= 0.6 is 0 Å². The number of nitrogens with zero attached hydrogens (tertiary/aromatic N) is 1. The first-order chi connectivity index (χ1) is 9.20. The molecule has 0 unspecified atom stereocenters. The molecule has 1 heterocycles. The zero-order valence-corrected chi connectivity index (χ0v) is 10.9. The van der Waals surface area contributed by atoms with E-state index in [0.29, 0.717) is 6.54 Å². The van der Waals surface area contributed by atoms with Crippen LogP contribution in [0.4, 0.5) is 4.39 Å². The quantitative estimate of drug-likeness (QED) is 0.853. The maximum atomic E-state index is 13.5. The van der Waals surface area contributed by atoms with Crippen LogP contribution in [0.15, 0.2) is 24.3 Å². The van der Waals surface area contributed by atoms with E-state index in [1.54, 1.807) is 12.1 Å². The number of hydrogen-bond acceptors (Lipinski definition) is 3. The van der Waals surface area contributed by atoms with Crippen molar-refractivity contribution in [1.29, 1.82) is 0 Å². The van der Waals surface area contributed by atoms with E-state index in [9.17, 15) is 9.18 Å². The number of halogens is 1. The van der Waals surface area contributed by atoms with Crippen LogP contribution in [-0.4, -0.2) is 43.0 Å². The topological polar surface area (TPSA) is 58.4 Å². The Morgan fingerprint density at radius 3 is 2.68 bits per heavy atom. The largest absolute Gasteiger partial charge is 0.349 e. The zero-order valence-electron chi connectivity index (χ0n) is 10.9. The summed E-state index contributed by atoms with van der Waals surface area (Å²) in [5.74, 6) is -0.795. The minimum Gasteiger partial charge on any atom is -0.349 e. The third-order valence-electron chi connectivity index (χ3n) is 3.49. The van der Waals surface area contributed by atoms with E-state index in [1.807, 2.05) is 0 Å². The van der Waals surface area contributed by atoms with Crippen molar-refractivity contribution < 1.29 is 9.18 Å². The highest BCUT2D eigenvalue weighted by Gasteiger charge is 2.21. The minimum atomic E-state index is -0.472. The molecule has 1 aromatic carbocycles. The van der Waals surface area contributed by atoms with Gasteiger partial charge in [-0.3, -0.25) is 4.79 Å². The van der Waals surface area contributed by atoms with Gasteiger partial charge in [-0.25, -0.2) is 4.39 Å². The van der Waals surface area contributed by atoms with E-state index in [-0.39, 0.29) is 17.5 Å². The number of amides is 1. The number of rotatable bonds is 4. The zero-order chi connectivity index (χ0) is 13.7. The first-order valence-corrected chi connectivity index (χ1v) is 6.68. The lowest BCUT2D eigenvalue weighted by atomic mass is 10.0. The fourth-order valence-electron chi connectivity index (χ4n) is 2.39. The second kappa shape index (κ2) is 6.63. The molecule has 0 aromatic heterocycles. The summed E-state index contributed by atoms with van der Waals surface area (Å²) in [6, 6.07) is 6.19. The van der Waals surface area contributed by atoms with Crippen LogP contribution in [0.1, 0.15) is 23.2 Å². The highest BCUT2D eigenvalue weighted by Crippen LogP contribution is 2.12. The van der Waals surface area contributed by atoms with Gasteiger partial charge in [0.15, 0.2) is 0 Å². The average Bonchev–Trinajstić information content (AvgIpc) is 2.42. The van der Waals surface area contributed by atoms with Crippen LogP contribution in [0.5, 0.6) is 0 Å². The third kappa shape index (κ3) is 3.75. The van der Waals surface area contributed by atoms with Gasteiger partial charge in [-0.05, 0) is 25.0 Å². The van der Waals surface area contributed by atoms with Crippen LogP contribution in [0.2, 0.25) is 0 Å². The molecule has 5 heteroatoms. The number of piperidine rings is 1. The molecule has 0 bridgehead atoms. The molecule has 0 saturated carbocycles. The van der Waals surface area contributed by atoms with Crippen molar-refractivity contribution in [2.75, 3.05) is 26.2 Å². The monoisotopic (exact) mass is 265 g/mol. The fourth-order valence-corrected chi connectivity index (χ4v) is 2.39. The van der Waals surface area contributed by atoms with Crippen molar-refractivity contribution >= 4 is 5.91 Å². The molecule has 104 valence electrons. The lowest BCUT2D eigenvalue weighted by Gasteiger charge is -2.32. The molecule has 1 amide bonds. The Morgan fingerprint density at radius 1 is 1.37 bits per heavy atom. The maximum Gasteiger partial charge on any atom is 0.254 e. The molecule has 1 saturated heterocycles. The summed E-state index contributed by atoms with van der Waals surface area (Å²) in [5.41, 5.74) is 5.63. The van der Waals surface area contributed by atoms with Gasteiger partial charge in [0.05, 0.1) is 5.56 Å². The number of carbonyl (C=O) groups excluding carboxylic acids is 1. The van der Waals surface area contributed by atoms with E-state index >= 15 is 0 Å². The first-order valence-electron chi connectivity index (χ1n) is 6.68. The predicted octanol–water partition coefficient (Wildman–Crippen LogP) is 0.979. The van der Waals surface area contributed by atoms with Crippen molar-refractivity contribution in [1.82, 2.24) is 10.2 Å². The molecule has 1 aliphatic heterocycles. The number of nitrogens with two attached hydrogens (primary N) is 1. The highest BCUT2D eigenvalue weighted by molar-refractivity contribution is 5.94. The summed E-state index contributed by atoms with van der Waals surface area (Å²) in [6.07, 6.45) is 1.78. The Bertz CT molecular complexity index is 430. The Balaban J connectivity index is 1.86. The van der Waals surface area contributed by atoms with Crippen molar-refractivity contribution in [2.24, 2.45) is 5.73 Å². The molecule has 3 N–H and O–H groups in total. The number of carbonyl (C=O) groups is 1. The van der Waals surface area contributed by atoms with Gasteiger partial charge >= 0.3 is 0 Å². The molecular weight excluding hydrogens is 245 g/mol. The number of hydrogen-bond donors (Lipinski definition) is 2. The molecule has 4 nitrogen and oxygen atoms in total. The number of benzene rings is 1. The van der Waals surface area contributed by atoms with Gasteiger partial charge < -0.3 is 16.0 Å². The Labute approximate surface area is 112 Å². The lowest BCUT2D eigenvalue weighted by Crippen LogP contribution is -2.45. The van der Waals surface area contributed by atoms with Gasteiger partial charge in [-0.15, -0.1) is 0 Å². The van der Waals surface area contributed by atoms with Gasteiger partial charge in [0.25, 0.3) is 5.91 Å². The molecule has 19 heavy (non-hydrogen) atoms. The molecule has 0 atom stereocenters. The van der Waals surface area contributed by atoms with E-state index in [2.05, 4.69) is 10.2 Å². The molecule has 0 aliphatic carbocycles. The standard InChI is InChI=1S/C14H20FN3O/c15-13-4-2-1-3-12(13)14(19)17-11-5-8-18(9-6-11)10-7-16/h1-4,11H,5-10,16H2,(H,17,19). The summed E-state index contributed by atoms with van der Waals surface area (Å²) in [4.78, 5) is 14.2. The molecular formula is C14H20FN3O. The van der Waals surface area contributed by atoms with Gasteiger partial charge in [0.2, 0.25) is 0 Å². The summed E-state index contributed by atoms with van der Waals surface area (Å²) in [7, 11) is 0. The number of likely N-dealkylation sites (tertiary alicyclic amines) is 1. The molecule has 0 spiro atoms. The van der Waals surface area contributed by atoms with Crippen molar-refractivity contribution in [3.63, 3.8) is 0 Å². The Hall–Kier alpha value is -1.46. The van der Waals surface area contributed by atoms with Crippen LogP contribution in [0, 0.1) is 5.82 Å². The van der Waals surface area contributed by atoms with E-state index in [0.717, 1.165) is 32.5 Å². The summed E-state index contributed by atoms with van der Waals surface area (Å²) in [5, 5.41) is 2.90. The fraction of sp³-hybridized carbons (Fsp3) is 0.500. The van der Waals surface area contributed by atoms with E-state index < -0.39 is 5.82 Å². The van der Waals surface area contributed by atoms with Crippen molar-refractivity contribution in [3.05, 3.63) is 35.6 Å². The second-order valence-electron chi connectivity index (χ2n) is 4.86. The van der Waals surface area contributed by atoms with Crippen LogP contribution in [-0.2, 0) is 0 Å². The van der Waals surface area contributed by atoms with Crippen molar-refractivity contribution in [3.8, 4) is 0 Å². The normalized spacial score (nSPS) is 17.4. The SMILES string of the molecule is NCCN1CCC(NC(=O)c2ccccc2F)CC1. The Morgan fingerprint density at radius 2 is 2.05 bits per heavy atom. The molecule has 0 radical (unpaired) electrons. The minimum absolute atomic E-state index is 0.117. The van der Waals surface area contributed by atoms with Crippen LogP contribution < -0.4 is 11.1 Å². The molecule has 1 aromatic rings. The number of nitrogens with one attached hydrogen (secondary N) is 1. The van der Waals surface area contributed by atoms with Crippen LogP contribution in [0.3, 0.4) is 0 Å². The summed E-state index contributed by atoms with van der Waals surface area (Å²) < 4.78 is 13.5. The highest BCUT2D eigenvalue weighted by atomic mass is 19.1. The molecule has 1 fully saturated rings. The van der Waals surface area contributed by atoms with Crippen LogP contribution in [0.25, 0.3) is 0 Å². The second-order valence-corrected chi connectivity index (χ2v) is 4.86.